The molecule has 1 amide bonds. The van der Waals surface area contributed by atoms with Crippen molar-refractivity contribution in [2.75, 3.05) is 13.6 Å². The summed E-state index contributed by atoms with van der Waals surface area (Å²) in [5, 5.41) is 20.8. The third-order valence-corrected chi connectivity index (χ3v) is 2.73. The number of β-amino-alcohol motifs (C(OH)–C–C–N with tert-alkyl or cyclic N) is 1. The van der Waals surface area contributed by atoms with E-state index in [0.29, 0.717) is 0 Å². The largest absolute Gasteiger partial charge is 0.480 e. The first-order valence-electron chi connectivity index (χ1n) is 4.85. The Morgan fingerprint density at radius 3 is 2.60 bits per heavy atom. The SMILES string of the molecule is CNC(=O)C(C)N1CC(O)CC1C(=O)O. The summed E-state index contributed by atoms with van der Waals surface area (Å²) in [5.74, 6) is -1.24. The van der Waals surface area contributed by atoms with Crippen LogP contribution in [0.15, 0.2) is 0 Å². The van der Waals surface area contributed by atoms with Gasteiger partial charge in [0.05, 0.1) is 12.1 Å². The van der Waals surface area contributed by atoms with Crippen molar-refractivity contribution in [1.29, 1.82) is 0 Å². The summed E-state index contributed by atoms with van der Waals surface area (Å²) in [5.41, 5.74) is 0. The van der Waals surface area contributed by atoms with Crippen LogP contribution in [0.4, 0.5) is 0 Å². The highest BCUT2D eigenvalue weighted by Crippen LogP contribution is 2.20. The van der Waals surface area contributed by atoms with Gasteiger partial charge in [0.25, 0.3) is 0 Å². The summed E-state index contributed by atoms with van der Waals surface area (Å²) in [6, 6.07) is -1.31. The Labute approximate surface area is 87.9 Å². The zero-order valence-electron chi connectivity index (χ0n) is 8.80. The molecule has 3 atom stereocenters. The average molecular weight is 216 g/mol. The van der Waals surface area contributed by atoms with Crippen LogP contribution >= 0.6 is 0 Å². The highest BCUT2D eigenvalue weighted by Gasteiger charge is 2.40. The van der Waals surface area contributed by atoms with Crippen molar-refractivity contribution in [2.24, 2.45) is 0 Å². The first-order chi connectivity index (χ1) is 6.97. The van der Waals surface area contributed by atoms with Gasteiger partial charge < -0.3 is 15.5 Å². The number of amides is 1. The summed E-state index contributed by atoms with van der Waals surface area (Å²) >= 11 is 0. The number of likely N-dealkylation sites (tertiary alicyclic amines) is 1. The predicted molar refractivity (Wildman–Crippen MR) is 52.3 cm³/mol. The Hall–Kier alpha value is -1.14. The van der Waals surface area contributed by atoms with Crippen LogP contribution in [-0.4, -0.2) is 58.8 Å². The van der Waals surface area contributed by atoms with E-state index in [4.69, 9.17) is 5.11 Å². The molecule has 1 rings (SSSR count). The lowest BCUT2D eigenvalue weighted by Gasteiger charge is -2.26. The first-order valence-corrected chi connectivity index (χ1v) is 4.85. The van der Waals surface area contributed by atoms with E-state index in [0.717, 1.165) is 0 Å². The molecule has 0 bridgehead atoms. The second-order valence-corrected chi connectivity index (χ2v) is 3.73. The number of nitrogens with one attached hydrogen (secondary N) is 1. The number of aliphatic carboxylic acids is 1. The zero-order chi connectivity index (χ0) is 11.6. The topological polar surface area (TPSA) is 89.9 Å². The maximum atomic E-state index is 11.3. The lowest BCUT2D eigenvalue weighted by molar-refractivity contribution is -0.143. The van der Waals surface area contributed by atoms with Crippen molar-refractivity contribution in [3.05, 3.63) is 0 Å². The Kier molecular flexibility index (Phi) is 3.65. The molecule has 1 saturated heterocycles. The highest BCUT2D eigenvalue weighted by atomic mass is 16.4. The molecule has 6 heteroatoms. The van der Waals surface area contributed by atoms with E-state index >= 15 is 0 Å². The molecule has 0 radical (unpaired) electrons. The number of carboxylic acid groups (broad SMARTS) is 1. The number of hydrogen-bond acceptors (Lipinski definition) is 4. The quantitative estimate of drug-likeness (QED) is 0.542. The average Bonchev–Trinajstić information content (AvgIpc) is 2.58. The van der Waals surface area contributed by atoms with Crippen LogP contribution in [0.3, 0.4) is 0 Å². The smallest absolute Gasteiger partial charge is 0.321 e. The molecular weight excluding hydrogens is 200 g/mol. The van der Waals surface area contributed by atoms with Gasteiger partial charge in [-0.25, -0.2) is 0 Å². The molecule has 86 valence electrons. The zero-order valence-corrected chi connectivity index (χ0v) is 8.80. The molecule has 6 nitrogen and oxygen atoms in total. The van der Waals surface area contributed by atoms with Crippen molar-refractivity contribution in [2.45, 2.75) is 31.5 Å². The van der Waals surface area contributed by atoms with Gasteiger partial charge in [-0.2, -0.15) is 0 Å². The highest BCUT2D eigenvalue weighted by molar-refractivity contribution is 5.82. The summed E-state index contributed by atoms with van der Waals surface area (Å²) in [6.45, 7) is 1.86. The van der Waals surface area contributed by atoms with Gasteiger partial charge in [-0.3, -0.25) is 14.5 Å². The monoisotopic (exact) mass is 216 g/mol. The van der Waals surface area contributed by atoms with Gasteiger partial charge in [-0.1, -0.05) is 0 Å². The molecule has 1 heterocycles. The van der Waals surface area contributed by atoms with E-state index in [1.54, 1.807) is 6.92 Å². The standard InChI is InChI=1S/C9H16N2O4/c1-5(8(13)10-2)11-4-6(12)3-7(11)9(14)15/h5-7,12H,3-4H2,1-2H3,(H,10,13)(H,14,15). The van der Waals surface area contributed by atoms with Crippen LogP contribution < -0.4 is 5.32 Å². The molecule has 0 spiro atoms. The fourth-order valence-corrected chi connectivity index (χ4v) is 1.87. The second kappa shape index (κ2) is 4.59. The Balaban J connectivity index is 2.74. The van der Waals surface area contributed by atoms with Crippen LogP contribution in [0.2, 0.25) is 0 Å². The number of carbonyl (C=O) groups is 2. The van der Waals surface area contributed by atoms with Gasteiger partial charge in [0.1, 0.15) is 6.04 Å². The van der Waals surface area contributed by atoms with Crippen LogP contribution in [0.1, 0.15) is 13.3 Å². The predicted octanol–water partition coefficient (Wildman–Crippen LogP) is -1.36. The molecule has 1 aliphatic heterocycles. The van der Waals surface area contributed by atoms with E-state index in [2.05, 4.69) is 5.32 Å². The number of aliphatic hydroxyl groups excluding tert-OH is 1. The number of nitrogens with zero attached hydrogens (tertiary/aromatic N) is 1. The molecular formula is C9H16N2O4. The summed E-state index contributed by atoms with van der Waals surface area (Å²) in [6.07, 6.45) is -0.491. The number of carboxylic acids is 1. The van der Waals surface area contributed by atoms with E-state index < -0.39 is 24.2 Å². The van der Waals surface area contributed by atoms with Crippen molar-refractivity contribution in [1.82, 2.24) is 10.2 Å². The summed E-state index contributed by atoms with van der Waals surface area (Å²) in [7, 11) is 1.50. The Morgan fingerprint density at radius 2 is 2.13 bits per heavy atom. The molecule has 3 unspecified atom stereocenters. The minimum absolute atomic E-state index is 0.177. The Bertz CT molecular complexity index is 269. The fourth-order valence-electron chi connectivity index (χ4n) is 1.87. The van der Waals surface area contributed by atoms with E-state index in [9.17, 15) is 14.7 Å². The third-order valence-electron chi connectivity index (χ3n) is 2.73. The van der Waals surface area contributed by atoms with Gasteiger partial charge in [-0.05, 0) is 6.92 Å². The van der Waals surface area contributed by atoms with Gasteiger partial charge in [0.15, 0.2) is 0 Å². The normalized spacial score (nSPS) is 28.7. The van der Waals surface area contributed by atoms with Crippen molar-refractivity contribution in [3.8, 4) is 0 Å². The minimum Gasteiger partial charge on any atom is -0.480 e. The second-order valence-electron chi connectivity index (χ2n) is 3.73. The maximum Gasteiger partial charge on any atom is 0.321 e. The molecule has 1 fully saturated rings. The molecule has 15 heavy (non-hydrogen) atoms. The number of rotatable bonds is 3. The summed E-state index contributed by atoms with van der Waals surface area (Å²) < 4.78 is 0. The Morgan fingerprint density at radius 1 is 1.53 bits per heavy atom. The van der Waals surface area contributed by atoms with Crippen molar-refractivity contribution < 1.29 is 19.8 Å². The maximum absolute atomic E-state index is 11.3. The molecule has 1 aliphatic rings. The van der Waals surface area contributed by atoms with Gasteiger partial charge in [-0.15, -0.1) is 0 Å². The van der Waals surface area contributed by atoms with Crippen LogP contribution in [-0.2, 0) is 9.59 Å². The van der Waals surface area contributed by atoms with Gasteiger partial charge in [0.2, 0.25) is 5.91 Å². The lowest BCUT2D eigenvalue weighted by atomic mass is 10.2. The van der Waals surface area contributed by atoms with Crippen LogP contribution in [0, 0.1) is 0 Å². The lowest BCUT2D eigenvalue weighted by Crippen LogP contribution is -2.49. The first kappa shape index (κ1) is 11.9. The van der Waals surface area contributed by atoms with Crippen molar-refractivity contribution >= 4 is 11.9 Å². The minimum atomic E-state index is -0.998. The van der Waals surface area contributed by atoms with E-state index in [1.807, 2.05) is 0 Å². The number of hydrogen-bond donors (Lipinski definition) is 3. The van der Waals surface area contributed by atoms with Gasteiger partial charge >= 0.3 is 5.97 Å². The van der Waals surface area contributed by atoms with Crippen LogP contribution in [0.25, 0.3) is 0 Å². The molecule has 0 saturated carbocycles. The number of likely N-dealkylation sites (N-methyl/N-ethyl adjacent to an activating group) is 1. The molecule has 0 aliphatic carbocycles. The summed E-state index contributed by atoms with van der Waals surface area (Å²) in [4.78, 5) is 23.7. The molecule has 0 aromatic heterocycles. The number of carbonyl (C=O) groups excluding carboxylic acids is 1. The molecule has 0 aromatic rings. The van der Waals surface area contributed by atoms with E-state index in [-0.39, 0.29) is 18.9 Å². The van der Waals surface area contributed by atoms with Crippen LogP contribution in [0.5, 0.6) is 0 Å². The van der Waals surface area contributed by atoms with Gasteiger partial charge in [0, 0.05) is 20.0 Å². The molecule has 0 aromatic carbocycles. The van der Waals surface area contributed by atoms with E-state index in [1.165, 1.54) is 11.9 Å². The molecule has 3 N–H and O–H groups in total. The number of aliphatic hydroxyl groups is 1. The van der Waals surface area contributed by atoms with Crippen molar-refractivity contribution in [3.63, 3.8) is 0 Å². The third kappa shape index (κ3) is 2.45. The fraction of sp³-hybridized carbons (Fsp3) is 0.778.